The van der Waals surface area contributed by atoms with E-state index in [2.05, 4.69) is 33.9 Å². The van der Waals surface area contributed by atoms with E-state index < -0.39 is 48.1 Å². The minimum absolute atomic E-state index is 0.121. The summed E-state index contributed by atoms with van der Waals surface area (Å²) >= 11 is 3.87. The first kappa shape index (κ1) is 25.1. The monoisotopic (exact) mass is 407 g/mol. The maximum Gasteiger partial charge on any atom is 0.326 e. The van der Waals surface area contributed by atoms with Crippen LogP contribution < -0.4 is 38.5 Å². The molecule has 0 aromatic carbocycles. The van der Waals surface area contributed by atoms with Crippen molar-refractivity contribution in [3.63, 3.8) is 0 Å². The minimum Gasteiger partial charge on any atom is -0.480 e. The first-order valence-corrected chi connectivity index (χ1v) is 8.93. The number of carbonyl (C=O) groups excluding carboxylic acids is 3. The average Bonchev–Trinajstić information content (AvgIpc) is 2.60. The third-order valence-corrected chi connectivity index (χ3v) is 3.79. The largest absolute Gasteiger partial charge is 0.480 e. The summed E-state index contributed by atoms with van der Waals surface area (Å²) in [6.07, 6.45) is -0.139. The van der Waals surface area contributed by atoms with Crippen LogP contribution >= 0.6 is 12.6 Å². The van der Waals surface area contributed by atoms with Crippen LogP contribution in [0.1, 0.15) is 19.8 Å². The van der Waals surface area contributed by atoms with Crippen LogP contribution in [-0.2, 0) is 19.2 Å². The lowest BCUT2D eigenvalue weighted by molar-refractivity contribution is -0.142. The summed E-state index contributed by atoms with van der Waals surface area (Å²) in [4.78, 5) is 46.5. The Labute approximate surface area is 162 Å². The Kier molecular flexibility index (Phi) is 12.3. The third kappa shape index (κ3) is 11.4. The van der Waals surface area contributed by atoms with E-state index in [1.165, 1.54) is 6.92 Å². The topological polar surface area (TPSA) is 215 Å². The van der Waals surface area contributed by atoms with Gasteiger partial charge >= 0.3 is 5.97 Å². The van der Waals surface area contributed by atoms with Gasteiger partial charge in [0.15, 0.2) is 0 Å². The van der Waals surface area contributed by atoms with E-state index >= 15 is 0 Å². The number of carbonyl (C=O) groups is 4. The molecule has 3 atom stereocenters. The Hall–Kier alpha value is -1.93. The van der Waals surface area contributed by atoms with Gasteiger partial charge in [0.05, 0.1) is 12.6 Å². The molecule has 3 amide bonds. The van der Waals surface area contributed by atoms with Crippen molar-refractivity contribution in [1.29, 1.82) is 0 Å². The molecule has 156 valence electrons. The number of thiol groups is 1. The van der Waals surface area contributed by atoms with Crippen molar-refractivity contribution in [3.05, 3.63) is 0 Å². The SMILES string of the molecule is C[C@H](NC(=O)CNC(=O)[C@@H](N)CS)C(=O)N[C@@H](CCCNC(N)N)C(=O)O. The maximum atomic E-state index is 12.1. The average molecular weight is 407 g/mol. The van der Waals surface area contributed by atoms with Crippen LogP contribution in [0.4, 0.5) is 0 Å². The molecule has 0 aliphatic carbocycles. The number of amides is 3. The van der Waals surface area contributed by atoms with E-state index in [1.807, 2.05) is 0 Å². The van der Waals surface area contributed by atoms with Gasteiger partial charge in [-0.2, -0.15) is 12.6 Å². The van der Waals surface area contributed by atoms with Gasteiger partial charge < -0.3 is 38.3 Å². The van der Waals surface area contributed by atoms with Gasteiger partial charge in [0.25, 0.3) is 0 Å². The van der Waals surface area contributed by atoms with Crippen LogP contribution in [0.15, 0.2) is 0 Å². The molecular weight excluding hydrogens is 378 g/mol. The number of nitrogens with one attached hydrogen (secondary N) is 4. The normalized spacial score (nSPS) is 14.1. The molecule has 0 heterocycles. The molecule has 0 spiro atoms. The summed E-state index contributed by atoms with van der Waals surface area (Å²) in [5.41, 5.74) is 16.1. The minimum atomic E-state index is -1.20. The summed E-state index contributed by atoms with van der Waals surface area (Å²) in [5.74, 6) is -2.92. The van der Waals surface area contributed by atoms with Gasteiger partial charge in [-0.25, -0.2) is 4.79 Å². The van der Waals surface area contributed by atoms with Crippen molar-refractivity contribution in [2.45, 2.75) is 44.2 Å². The lowest BCUT2D eigenvalue weighted by Gasteiger charge is -2.19. The van der Waals surface area contributed by atoms with Crippen molar-refractivity contribution in [2.24, 2.45) is 17.2 Å². The lowest BCUT2D eigenvalue weighted by atomic mass is 10.1. The summed E-state index contributed by atoms with van der Waals surface area (Å²) in [6.45, 7) is 1.41. The Balaban J connectivity index is 4.36. The van der Waals surface area contributed by atoms with E-state index in [9.17, 15) is 24.3 Å². The van der Waals surface area contributed by atoms with Crippen molar-refractivity contribution in [3.8, 4) is 0 Å². The Morgan fingerprint density at radius 1 is 1.07 bits per heavy atom. The van der Waals surface area contributed by atoms with Crippen LogP contribution in [0.3, 0.4) is 0 Å². The summed E-state index contributed by atoms with van der Waals surface area (Å²) in [6, 6.07) is -2.97. The highest BCUT2D eigenvalue weighted by atomic mass is 32.1. The van der Waals surface area contributed by atoms with Crippen molar-refractivity contribution >= 4 is 36.3 Å². The molecule has 0 bridgehead atoms. The molecule has 0 radical (unpaired) electrons. The summed E-state index contributed by atoms with van der Waals surface area (Å²) in [7, 11) is 0. The van der Waals surface area contributed by atoms with E-state index in [1.54, 1.807) is 0 Å². The quantitative estimate of drug-likeness (QED) is 0.0824. The van der Waals surface area contributed by atoms with Gasteiger partial charge in [-0.1, -0.05) is 0 Å². The Bertz CT molecular complexity index is 520. The number of aliphatic carboxylic acids is 1. The van der Waals surface area contributed by atoms with Gasteiger partial charge in [0, 0.05) is 5.75 Å². The lowest BCUT2D eigenvalue weighted by Crippen LogP contribution is -2.53. The molecule has 0 aliphatic rings. The number of hydrogen-bond donors (Lipinski definition) is 9. The molecule has 0 fully saturated rings. The molecular formula is C14H29N7O5S. The van der Waals surface area contributed by atoms with Crippen molar-refractivity contribution < 1.29 is 24.3 Å². The van der Waals surface area contributed by atoms with Gasteiger partial charge in [-0.15, -0.1) is 0 Å². The molecule has 0 aromatic heterocycles. The molecule has 12 nitrogen and oxygen atoms in total. The fourth-order valence-electron chi connectivity index (χ4n) is 1.87. The van der Waals surface area contributed by atoms with Crippen LogP contribution in [0.2, 0.25) is 0 Å². The van der Waals surface area contributed by atoms with Crippen LogP contribution in [0.25, 0.3) is 0 Å². The zero-order valence-corrected chi connectivity index (χ0v) is 16.0. The van der Waals surface area contributed by atoms with E-state index in [4.69, 9.17) is 17.2 Å². The molecule has 0 saturated heterocycles. The zero-order valence-electron chi connectivity index (χ0n) is 15.1. The van der Waals surface area contributed by atoms with Gasteiger partial charge in [0.2, 0.25) is 17.7 Å². The fraction of sp³-hybridized carbons (Fsp3) is 0.714. The van der Waals surface area contributed by atoms with Crippen LogP contribution in [0.5, 0.6) is 0 Å². The molecule has 0 aromatic rings. The fourth-order valence-corrected chi connectivity index (χ4v) is 2.03. The number of rotatable bonds is 13. The second-order valence-corrected chi connectivity index (χ2v) is 6.18. The standard InChI is InChI=1S/C14H29N7O5S/c1-7(20-10(22)5-19-12(24)8(15)6-27)11(23)21-9(13(25)26)3-2-4-18-14(16)17/h7-9,14,18,27H,2-6,15-17H2,1H3,(H,19,24)(H,20,22)(H,21,23)(H,25,26)/t7-,8-,9-/m0/s1. The highest BCUT2D eigenvalue weighted by molar-refractivity contribution is 7.80. The van der Waals surface area contributed by atoms with E-state index in [0.717, 1.165) is 0 Å². The Morgan fingerprint density at radius 2 is 1.70 bits per heavy atom. The van der Waals surface area contributed by atoms with Crippen molar-refractivity contribution in [1.82, 2.24) is 21.3 Å². The molecule has 0 saturated carbocycles. The summed E-state index contributed by atoms with van der Waals surface area (Å²) in [5, 5.41) is 18.9. The predicted octanol–water partition coefficient (Wildman–Crippen LogP) is -4.00. The first-order valence-electron chi connectivity index (χ1n) is 8.29. The molecule has 0 aliphatic heterocycles. The van der Waals surface area contributed by atoms with Crippen molar-refractivity contribution in [2.75, 3.05) is 18.8 Å². The van der Waals surface area contributed by atoms with Gasteiger partial charge in [-0.3, -0.25) is 19.7 Å². The second kappa shape index (κ2) is 13.3. The van der Waals surface area contributed by atoms with Gasteiger partial charge in [0.1, 0.15) is 18.4 Å². The van der Waals surface area contributed by atoms with E-state index in [-0.39, 0.29) is 18.7 Å². The molecule has 11 N–H and O–H groups in total. The molecule has 0 unspecified atom stereocenters. The van der Waals surface area contributed by atoms with Crippen LogP contribution in [0, 0.1) is 0 Å². The Morgan fingerprint density at radius 3 is 2.22 bits per heavy atom. The van der Waals surface area contributed by atoms with Crippen LogP contribution in [-0.4, -0.2) is 72.1 Å². The third-order valence-electron chi connectivity index (χ3n) is 3.39. The summed E-state index contributed by atoms with van der Waals surface area (Å²) < 4.78 is 0. The number of nitrogens with two attached hydrogens (primary N) is 3. The number of carboxylic acids is 1. The van der Waals surface area contributed by atoms with Gasteiger partial charge in [-0.05, 0) is 26.3 Å². The highest BCUT2D eigenvalue weighted by Crippen LogP contribution is 1.98. The second-order valence-electron chi connectivity index (χ2n) is 5.82. The molecule has 13 heteroatoms. The van der Waals surface area contributed by atoms with E-state index in [0.29, 0.717) is 13.0 Å². The highest BCUT2D eigenvalue weighted by Gasteiger charge is 2.23. The smallest absolute Gasteiger partial charge is 0.326 e. The molecule has 0 rings (SSSR count). The molecule has 27 heavy (non-hydrogen) atoms. The maximum absolute atomic E-state index is 12.1. The first-order chi connectivity index (χ1) is 12.6. The number of hydrogen-bond acceptors (Lipinski definition) is 9. The number of carboxylic acid groups (broad SMARTS) is 1. The zero-order chi connectivity index (χ0) is 21.0. The predicted molar refractivity (Wildman–Crippen MR) is 101 cm³/mol.